The fourth-order valence-corrected chi connectivity index (χ4v) is 2.45. The molecule has 1 aromatic rings. The summed E-state index contributed by atoms with van der Waals surface area (Å²) in [5.41, 5.74) is 1.31. The minimum Gasteiger partial charge on any atom is -0.512 e. The van der Waals surface area contributed by atoms with Crippen molar-refractivity contribution < 1.29 is 22.2 Å². The Kier molecular flexibility index (Phi) is 9.24. The smallest absolute Gasteiger partial charge is 0.0997 e. The third-order valence-electron chi connectivity index (χ3n) is 3.05. The minimum atomic E-state index is 0. The first-order valence-electron chi connectivity index (χ1n) is 7.32. The molecule has 2 heteroatoms. The molecule has 0 aromatic heterocycles. The molecule has 0 heterocycles. The van der Waals surface area contributed by atoms with Crippen molar-refractivity contribution in [3.63, 3.8) is 0 Å². The van der Waals surface area contributed by atoms with Crippen molar-refractivity contribution in [2.75, 3.05) is 0 Å². The quantitative estimate of drug-likeness (QED) is 0.423. The summed E-state index contributed by atoms with van der Waals surface area (Å²) >= 11 is 0. The van der Waals surface area contributed by atoms with Gasteiger partial charge in [-0.25, -0.2) is 12.1 Å². The second-order valence-electron chi connectivity index (χ2n) is 6.66. The van der Waals surface area contributed by atoms with Gasteiger partial charge in [0, 0.05) is 29.1 Å². The van der Waals surface area contributed by atoms with E-state index in [1.54, 1.807) is 0 Å². The number of aliphatic hydroxyl groups excluding tert-OH is 1. The number of aliphatic hydroxyl groups is 1. The zero-order valence-corrected chi connectivity index (χ0v) is 14.6. The van der Waals surface area contributed by atoms with Crippen molar-refractivity contribution in [1.82, 2.24) is 0 Å². The Hall–Kier alpha value is -1.11. The van der Waals surface area contributed by atoms with Crippen LogP contribution in [0, 0.1) is 11.3 Å². The minimum absolute atomic E-state index is 0. The van der Waals surface area contributed by atoms with Crippen molar-refractivity contribution in [2.24, 2.45) is 11.3 Å². The molecule has 0 radical (unpaired) electrons. The standard InChI is InChI=1S/C14H22O.C5H5.Fe/c1-11(10-14(2,3)4)9-13(15)12-7-5-6-8-12;1-2-4-5-3-1;/h5-8,11,15H,9-10H2,1-4H3;1-5H;/q;-1;. The van der Waals surface area contributed by atoms with E-state index in [0.717, 1.165) is 18.4 Å². The average molecular weight is 327 g/mol. The molecule has 0 amide bonds. The van der Waals surface area contributed by atoms with Crippen LogP contribution in [0.4, 0.5) is 0 Å². The van der Waals surface area contributed by atoms with Crippen molar-refractivity contribution in [2.45, 2.75) is 40.5 Å². The zero-order valence-electron chi connectivity index (χ0n) is 13.5. The molecule has 118 valence electrons. The van der Waals surface area contributed by atoms with Crippen molar-refractivity contribution in [3.05, 3.63) is 66.0 Å². The van der Waals surface area contributed by atoms with Crippen molar-refractivity contribution in [1.29, 1.82) is 0 Å². The summed E-state index contributed by atoms with van der Waals surface area (Å²) in [7, 11) is 0. The van der Waals surface area contributed by atoms with E-state index in [9.17, 15) is 5.11 Å². The second kappa shape index (κ2) is 9.76. The van der Waals surface area contributed by atoms with Gasteiger partial charge in [0.15, 0.2) is 0 Å². The van der Waals surface area contributed by atoms with Crippen LogP contribution in [0.3, 0.4) is 0 Å². The van der Waals surface area contributed by atoms with Gasteiger partial charge in [-0.05, 0) is 17.8 Å². The summed E-state index contributed by atoms with van der Waals surface area (Å²) in [5, 5.41) is 9.89. The Balaban J connectivity index is 0.000000562. The van der Waals surface area contributed by atoms with E-state index in [-0.39, 0.29) is 17.1 Å². The summed E-state index contributed by atoms with van der Waals surface area (Å²) in [6.07, 6.45) is 9.75. The molecule has 0 saturated carbocycles. The summed E-state index contributed by atoms with van der Waals surface area (Å²) in [4.78, 5) is 0. The maximum atomic E-state index is 9.89. The SMILES string of the molecule is CC(CC(O)=C1C=CC=C1)CC(C)(C)C.[Fe].c1cc[cH-]c1. The van der Waals surface area contributed by atoms with Gasteiger partial charge in [0.05, 0.1) is 5.76 Å². The number of hydrogen-bond acceptors (Lipinski definition) is 1. The Morgan fingerprint density at radius 3 is 2.05 bits per heavy atom. The molecule has 1 nitrogen and oxygen atoms in total. The van der Waals surface area contributed by atoms with Gasteiger partial charge in [-0.15, -0.1) is 0 Å². The van der Waals surface area contributed by atoms with Crippen molar-refractivity contribution in [3.8, 4) is 0 Å². The molecule has 1 atom stereocenters. The number of hydrogen-bond donors (Lipinski definition) is 1. The van der Waals surface area contributed by atoms with Gasteiger partial charge in [0.25, 0.3) is 0 Å². The first-order chi connectivity index (χ1) is 9.38. The fraction of sp³-hybridized carbons (Fsp3) is 0.421. The predicted molar refractivity (Wildman–Crippen MR) is 87.8 cm³/mol. The van der Waals surface area contributed by atoms with Gasteiger partial charge in [0.2, 0.25) is 0 Å². The van der Waals surface area contributed by atoms with E-state index in [4.69, 9.17) is 0 Å². The van der Waals surface area contributed by atoms with E-state index in [1.165, 1.54) is 0 Å². The summed E-state index contributed by atoms with van der Waals surface area (Å²) in [6, 6.07) is 10.0. The van der Waals surface area contributed by atoms with Crippen molar-refractivity contribution >= 4 is 0 Å². The summed E-state index contributed by atoms with van der Waals surface area (Å²) < 4.78 is 0. The van der Waals surface area contributed by atoms with Crippen LogP contribution in [-0.4, -0.2) is 5.11 Å². The fourth-order valence-electron chi connectivity index (χ4n) is 2.45. The third kappa shape index (κ3) is 9.44. The van der Waals surface area contributed by atoms with E-state index in [2.05, 4.69) is 27.7 Å². The van der Waals surface area contributed by atoms with Gasteiger partial charge in [0.1, 0.15) is 0 Å². The molecule has 0 bridgehead atoms. The Morgan fingerprint density at radius 2 is 1.67 bits per heavy atom. The molecule has 1 aliphatic rings. The zero-order chi connectivity index (χ0) is 15.0. The molecular formula is C19H27FeO-. The molecule has 1 N–H and O–H groups in total. The molecule has 21 heavy (non-hydrogen) atoms. The molecule has 0 aliphatic heterocycles. The Bertz CT molecular complexity index is 427. The largest absolute Gasteiger partial charge is 0.512 e. The second-order valence-corrected chi connectivity index (χ2v) is 6.66. The molecule has 0 spiro atoms. The molecule has 0 saturated heterocycles. The average Bonchev–Trinajstić information content (AvgIpc) is 3.03. The third-order valence-corrected chi connectivity index (χ3v) is 3.05. The van der Waals surface area contributed by atoms with Crippen LogP contribution < -0.4 is 0 Å². The van der Waals surface area contributed by atoms with Crippen LogP contribution in [0.2, 0.25) is 0 Å². The maximum absolute atomic E-state index is 9.89. The first kappa shape index (κ1) is 19.9. The Labute approximate surface area is 140 Å². The molecule has 0 fully saturated rings. The molecule has 2 rings (SSSR count). The molecular weight excluding hydrogens is 300 g/mol. The Morgan fingerprint density at radius 1 is 1.14 bits per heavy atom. The first-order valence-corrected chi connectivity index (χ1v) is 7.32. The maximum Gasteiger partial charge on any atom is 0.0997 e. The van der Waals surface area contributed by atoms with Crippen LogP contribution >= 0.6 is 0 Å². The van der Waals surface area contributed by atoms with Gasteiger partial charge in [-0.3, -0.25) is 0 Å². The van der Waals surface area contributed by atoms with Gasteiger partial charge in [-0.1, -0.05) is 52.0 Å². The summed E-state index contributed by atoms with van der Waals surface area (Å²) in [6.45, 7) is 8.92. The van der Waals surface area contributed by atoms with Crippen LogP contribution in [0.25, 0.3) is 0 Å². The molecule has 1 aromatic carbocycles. The molecule has 1 unspecified atom stereocenters. The van der Waals surface area contributed by atoms with Crippen LogP contribution in [0.1, 0.15) is 40.5 Å². The molecule has 1 aliphatic carbocycles. The van der Waals surface area contributed by atoms with Crippen LogP contribution in [0.15, 0.2) is 66.0 Å². The predicted octanol–water partition coefficient (Wildman–Crippen LogP) is 5.79. The van der Waals surface area contributed by atoms with E-state index in [0.29, 0.717) is 17.1 Å². The van der Waals surface area contributed by atoms with Crippen LogP contribution in [-0.2, 0) is 17.1 Å². The number of allylic oxidation sites excluding steroid dienone is 6. The van der Waals surface area contributed by atoms with Gasteiger partial charge < -0.3 is 5.11 Å². The van der Waals surface area contributed by atoms with E-state index < -0.39 is 0 Å². The monoisotopic (exact) mass is 327 g/mol. The van der Waals surface area contributed by atoms with Gasteiger partial charge >= 0.3 is 0 Å². The normalized spacial score (nSPS) is 14.2. The topological polar surface area (TPSA) is 20.2 Å². The van der Waals surface area contributed by atoms with Crippen LogP contribution in [0.5, 0.6) is 0 Å². The summed E-state index contributed by atoms with van der Waals surface area (Å²) in [5.74, 6) is 1.05. The van der Waals surface area contributed by atoms with E-state index >= 15 is 0 Å². The van der Waals surface area contributed by atoms with E-state index in [1.807, 2.05) is 54.6 Å². The number of rotatable bonds is 3. The van der Waals surface area contributed by atoms with Gasteiger partial charge in [-0.2, -0.15) is 18.2 Å².